The third-order valence-corrected chi connectivity index (χ3v) is 3.06. The standard InChI is InChI=1S/C7H4BrFINO2/c8-3-1-2(7(12)13)6(11)5(10)4(3)9/h1H,11H2,(H,12,13). The topological polar surface area (TPSA) is 63.3 Å². The van der Waals surface area contributed by atoms with E-state index in [-0.39, 0.29) is 19.3 Å². The lowest BCUT2D eigenvalue weighted by atomic mass is 10.2. The van der Waals surface area contributed by atoms with Crippen LogP contribution in [-0.2, 0) is 0 Å². The van der Waals surface area contributed by atoms with Crippen LogP contribution in [0.3, 0.4) is 0 Å². The van der Waals surface area contributed by atoms with Crippen LogP contribution < -0.4 is 5.73 Å². The number of nitrogens with two attached hydrogens (primary N) is 1. The molecule has 0 bridgehead atoms. The summed E-state index contributed by atoms with van der Waals surface area (Å²) >= 11 is 4.56. The third kappa shape index (κ3) is 1.93. The Labute approximate surface area is 95.4 Å². The molecule has 1 aromatic rings. The zero-order valence-corrected chi connectivity index (χ0v) is 9.89. The number of hydrogen-bond acceptors (Lipinski definition) is 2. The minimum atomic E-state index is -1.17. The summed E-state index contributed by atoms with van der Waals surface area (Å²) in [6.07, 6.45) is 0. The molecule has 0 aliphatic carbocycles. The summed E-state index contributed by atoms with van der Waals surface area (Å²) in [6.45, 7) is 0. The van der Waals surface area contributed by atoms with Gasteiger partial charge in [0.15, 0.2) is 5.82 Å². The first-order valence-corrected chi connectivity index (χ1v) is 4.98. The molecule has 0 atom stereocenters. The van der Waals surface area contributed by atoms with Gasteiger partial charge in [-0.05, 0) is 44.6 Å². The molecule has 3 nitrogen and oxygen atoms in total. The van der Waals surface area contributed by atoms with Crippen LogP contribution in [0.2, 0.25) is 0 Å². The summed E-state index contributed by atoms with van der Waals surface area (Å²) in [5, 5.41) is 8.68. The Balaban J connectivity index is 3.50. The van der Waals surface area contributed by atoms with E-state index in [1.807, 2.05) is 0 Å². The van der Waals surface area contributed by atoms with Gasteiger partial charge in [-0.15, -0.1) is 0 Å². The first-order valence-electron chi connectivity index (χ1n) is 3.11. The highest BCUT2D eigenvalue weighted by molar-refractivity contribution is 14.1. The van der Waals surface area contributed by atoms with E-state index in [0.717, 1.165) is 6.07 Å². The largest absolute Gasteiger partial charge is 0.478 e. The van der Waals surface area contributed by atoms with Crippen LogP contribution >= 0.6 is 38.5 Å². The molecule has 6 heteroatoms. The molecule has 70 valence electrons. The fraction of sp³-hybridized carbons (Fsp3) is 0. The van der Waals surface area contributed by atoms with E-state index in [4.69, 9.17) is 10.8 Å². The van der Waals surface area contributed by atoms with E-state index < -0.39 is 11.8 Å². The number of rotatable bonds is 1. The highest BCUT2D eigenvalue weighted by Gasteiger charge is 2.16. The van der Waals surface area contributed by atoms with Crippen molar-refractivity contribution >= 4 is 50.2 Å². The van der Waals surface area contributed by atoms with Gasteiger partial charge in [0, 0.05) is 0 Å². The van der Waals surface area contributed by atoms with Gasteiger partial charge in [0.05, 0.1) is 19.3 Å². The van der Waals surface area contributed by atoms with Gasteiger partial charge < -0.3 is 10.8 Å². The van der Waals surface area contributed by atoms with Gasteiger partial charge in [-0.1, -0.05) is 0 Å². The second kappa shape index (κ2) is 3.79. The molecule has 1 rings (SSSR count). The Morgan fingerprint density at radius 1 is 1.69 bits per heavy atom. The maximum absolute atomic E-state index is 13.1. The SMILES string of the molecule is Nc1c(C(=O)O)cc(Br)c(F)c1I. The van der Waals surface area contributed by atoms with Crippen LogP contribution in [0.25, 0.3) is 0 Å². The number of halogens is 3. The van der Waals surface area contributed by atoms with Crippen LogP contribution in [0, 0.1) is 9.39 Å². The van der Waals surface area contributed by atoms with Crippen molar-refractivity contribution in [2.45, 2.75) is 0 Å². The van der Waals surface area contributed by atoms with Crippen molar-refractivity contribution in [1.29, 1.82) is 0 Å². The van der Waals surface area contributed by atoms with Crippen LogP contribution in [-0.4, -0.2) is 11.1 Å². The van der Waals surface area contributed by atoms with E-state index in [0.29, 0.717) is 0 Å². The number of nitrogen functional groups attached to an aromatic ring is 1. The Hall–Kier alpha value is -0.370. The quantitative estimate of drug-likeness (QED) is 0.460. The highest BCUT2D eigenvalue weighted by Crippen LogP contribution is 2.29. The van der Waals surface area contributed by atoms with E-state index in [1.54, 1.807) is 22.6 Å². The lowest BCUT2D eigenvalue weighted by Crippen LogP contribution is -2.06. The van der Waals surface area contributed by atoms with Gasteiger partial charge >= 0.3 is 5.97 Å². The highest BCUT2D eigenvalue weighted by atomic mass is 127. The van der Waals surface area contributed by atoms with Crippen LogP contribution in [0.1, 0.15) is 10.4 Å². The molecule has 0 saturated carbocycles. The van der Waals surface area contributed by atoms with Crippen LogP contribution in [0.15, 0.2) is 10.5 Å². The van der Waals surface area contributed by atoms with Crippen molar-refractivity contribution < 1.29 is 14.3 Å². The Bertz CT molecular complexity index is 383. The van der Waals surface area contributed by atoms with E-state index in [9.17, 15) is 9.18 Å². The second-order valence-electron chi connectivity index (χ2n) is 2.25. The van der Waals surface area contributed by atoms with Gasteiger partial charge in [-0.25, -0.2) is 9.18 Å². The molecule has 0 spiro atoms. The molecule has 0 aliphatic rings. The number of carboxylic acid groups (broad SMARTS) is 1. The number of hydrogen-bond donors (Lipinski definition) is 2. The Morgan fingerprint density at radius 3 is 2.69 bits per heavy atom. The number of anilines is 1. The van der Waals surface area contributed by atoms with Crippen molar-refractivity contribution in [2.24, 2.45) is 0 Å². The molecular weight excluding hydrogens is 356 g/mol. The van der Waals surface area contributed by atoms with E-state index in [2.05, 4.69) is 15.9 Å². The molecule has 0 aliphatic heterocycles. The van der Waals surface area contributed by atoms with Crippen molar-refractivity contribution in [3.63, 3.8) is 0 Å². The molecule has 1 aromatic carbocycles. The molecule has 0 radical (unpaired) electrons. The maximum Gasteiger partial charge on any atom is 0.337 e. The summed E-state index contributed by atoms with van der Waals surface area (Å²) in [5.74, 6) is -1.71. The zero-order valence-electron chi connectivity index (χ0n) is 6.14. The summed E-state index contributed by atoms with van der Waals surface area (Å²) in [6, 6.07) is 1.15. The summed E-state index contributed by atoms with van der Waals surface area (Å²) in [7, 11) is 0. The molecule has 0 saturated heterocycles. The first-order chi connectivity index (χ1) is 5.95. The smallest absolute Gasteiger partial charge is 0.337 e. The van der Waals surface area contributed by atoms with Crippen molar-refractivity contribution in [3.05, 3.63) is 25.5 Å². The number of carbonyl (C=O) groups is 1. The normalized spacial score (nSPS) is 10.1. The van der Waals surface area contributed by atoms with Gasteiger partial charge in [-0.2, -0.15) is 0 Å². The van der Waals surface area contributed by atoms with E-state index >= 15 is 0 Å². The monoisotopic (exact) mass is 359 g/mol. The molecular formula is C7H4BrFINO2. The molecule has 3 N–H and O–H groups in total. The lowest BCUT2D eigenvalue weighted by molar-refractivity contribution is 0.0698. The Morgan fingerprint density at radius 2 is 2.23 bits per heavy atom. The molecule has 0 fully saturated rings. The minimum Gasteiger partial charge on any atom is -0.478 e. The van der Waals surface area contributed by atoms with Crippen molar-refractivity contribution in [2.75, 3.05) is 5.73 Å². The van der Waals surface area contributed by atoms with Gasteiger partial charge in [0.2, 0.25) is 0 Å². The summed E-state index contributed by atoms with van der Waals surface area (Å²) in [4.78, 5) is 10.6. The average Bonchev–Trinajstić information content (AvgIpc) is 2.07. The predicted molar refractivity (Wildman–Crippen MR) is 58.2 cm³/mol. The van der Waals surface area contributed by atoms with Crippen molar-refractivity contribution in [3.8, 4) is 0 Å². The maximum atomic E-state index is 13.1. The van der Waals surface area contributed by atoms with Gasteiger partial charge in [0.25, 0.3) is 0 Å². The molecule has 13 heavy (non-hydrogen) atoms. The van der Waals surface area contributed by atoms with Crippen LogP contribution in [0.4, 0.5) is 10.1 Å². The molecule has 0 unspecified atom stereocenters. The second-order valence-corrected chi connectivity index (χ2v) is 4.19. The number of benzene rings is 1. The van der Waals surface area contributed by atoms with Crippen molar-refractivity contribution in [1.82, 2.24) is 0 Å². The predicted octanol–water partition coefficient (Wildman–Crippen LogP) is 2.47. The summed E-state index contributed by atoms with van der Waals surface area (Å²) in [5.41, 5.74) is 5.26. The summed E-state index contributed by atoms with van der Waals surface area (Å²) < 4.78 is 13.3. The average molecular weight is 360 g/mol. The Kier molecular flexibility index (Phi) is 3.12. The fourth-order valence-electron chi connectivity index (χ4n) is 0.786. The zero-order chi connectivity index (χ0) is 10.2. The van der Waals surface area contributed by atoms with Crippen LogP contribution in [0.5, 0.6) is 0 Å². The number of carboxylic acids is 1. The number of aromatic carboxylic acids is 1. The molecule has 0 aromatic heterocycles. The van der Waals surface area contributed by atoms with E-state index in [1.165, 1.54) is 0 Å². The lowest BCUT2D eigenvalue weighted by Gasteiger charge is -2.05. The third-order valence-electron chi connectivity index (χ3n) is 1.43. The fourth-order valence-corrected chi connectivity index (χ4v) is 2.16. The minimum absolute atomic E-state index is 0.0474. The van der Waals surface area contributed by atoms with Gasteiger partial charge in [-0.3, -0.25) is 0 Å². The molecule has 0 heterocycles. The first kappa shape index (κ1) is 10.7. The van der Waals surface area contributed by atoms with Gasteiger partial charge in [0.1, 0.15) is 0 Å². The molecule has 0 amide bonds.